The summed E-state index contributed by atoms with van der Waals surface area (Å²) in [7, 11) is 1.92. The second-order valence-electron chi connectivity index (χ2n) is 4.67. The van der Waals surface area contributed by atoms with E-state index in [0.29, 0.717) is 16.5 Å². The molecule has 1 unspecified atom stereocenters. The molecule has 4 nitrogen and oxygen atoms in total. The van der Waals surface area contributed by atoms with Gasteiger partial charge in [-0.15, -0.1) is 0 Å². The SMILES string of the molecule is CCc1cc(C(Cc2cccc(Cl)c2Cl)NN)n(C)n1. The predicted octanol–water partition coefficient (Wildman–Crippen LogP) is 3.04. The van der Waals surface area contributed by atoms with E-state index in [2.05, 4.69) is 23.5 Å². The number of nitrogens with one attached hydrogen (secondary N) is 1. The molecule has 0 spiro atoms. The molecule has 0 aliphatic heterocycles. The van der Waals surface area contributed by atoms with Gasteiger partial charge in [-0.1, -0.05) is 42.3 Å². The van der Waals surface area contributed by atoms with Gasteiger partial charge in [0.1, 0.15) is 0 Å². The summed E-state index contributed by atoms with van der Waals surface area (Å²) in [5.74, 6) is 5.69. The van der Waals surface area contributed by atoms with Crippen LogP contribution in [0.3, 0.4) is 0 Å². The third kappa shape index (κ3) is 3.15. The van der Waals surface area contributed by atoms with Crippen molar-refractivity contribution in [1.29, 1.82) is 0 Å². The lowest BCUT2D eigenvalue weighted by Crippen LogP contribution is -2.31. The van der Waals surface area contributed by atoms with Crippen LogP contribution in [-0.2, 0) is 19.9 Å². The monoisotopic (exact) mass is 312 g/mol. The fourth-order valence-electron chi connectivity index (χ4n) is 2.22. The first-order valence-electron chi connectivity index (χ1n) is 6.48. The molecule has 1 aromatic heterocycles. The first kappa shape index (κ1) is 15.3. The van der Waals surface area contributed by atoms with Gasteiger partial charge in [0.25, 0.3) is 0 Å². The second kappa shape index (κ2) is 6.59. The Labute approximate surface area is 128 Å². The smallest absolute Gasteiger partial charge is 0.0669 e. The lowest BCUT2D eigenvalue weighted by Gasteiger charge is -2.17. The van der Waals surface area contributed by atoms with Gasteiger partial charge >= 0.3 is 0 Å². The minimum absolute atomic E-state index is 0.0660. The van der Waals surface area contributed by atoms with Crippen molar-refractivity contribution < 1.29 is 0 Å². The van der Waals surface area contributed by atoms with E-state index in [1.165, 1.54) is 0 Å². The third-order valence-corrected chi connectivity index (χ3v) is 4.20. The van der Waals surface area contributed by atoms with Crippen LogP contribution in [0, 0.1) is 0 Å². The molecule has 0 fully saturated rings. The normalized spacial score (nSPS) is 12.7. The summed E-state index contributed by atoms with van der Waals surface area (Å²) in [5, 5.41) is 5.57. The van der Waals surface area contributed by atoms with Crippen molar-refractivity contribution in [1.82, 2.24) is 15.2 Å². The van der Waals surface area contributed by atoms with Crippen LogP contribution < -0.4 is 11.3 Å². The summed E-state index contributed by atoms with van der Waals surface area (Å²) < 4.78 is 1.85. The molecule has 2 aromatic rings. The van der Waals surface area contributed by atoms with Gasteiger partial charge in [0.2, 0.25) is 0 Å². The minimum atomic E-state index is -0.0660. The molecule has 6 heteroatoms. The standard InChI is InChI=1S/C14H18Cl2N4/c1-3-10-8-13(20(2)19-10)12(18-17)7-9-5-4-6-11(15)14(9)16/h4-6,8,12,18H,3,7,17H2,1-2H3. The Bertz CT molecular complexity index is 595. The lowest BCUT2D eigenvalue weighted by molar-refractivity contribution is 0.508. The van der Waals surface area contributed by atoms with Crippen LogP contribution >= 0.6 is 23.2 Å². The van der Waals surface area contributed by atoms with Crippen molar-refractivity contribution in [2.24, 2.45) is 12.9 Å². The van der Waals surface area contributed by atoms with Crippen molar-refractivity contribution in [2.45, 2.75) is 25.8 Å². The van der Waals surface area contributed by atoms with E-state index in [-0.39, 0.29) is 6.04 Å². The van der Waals surface area contributed by atoms with Crippen LogP contribution in [-0.4, -0.2) is 9.78 Å². The number of hydrogen-bond acceptors (Lipinski definition) is 3. The maximum atomic E-state index is 6.23. The third-order valence-electron chi connectivity index (χ3n) is 3.34. The van der Waals surface area contributed by atoms with Gasteiger partial charge in [0.05, 0.1) is 27.5 Å². The number of benzene rings is 1. The Morgan fingerprint density at radius 1 is 1.40 bits per heavy atom. The zero-order valence-corrected chi connectivity index (χ0v) is 13.0. The minimum Gasteiger partial charge on any atom is -0.271 e. The van der Waals surface area contributed by atoms with Crippen LogP contribution in [0.1, 0.15) is 29.9 Å². The highest BCUT2D eigenvalue weighted by molar-refractivity contribution is 6.42. The van der Waals surface area contributed by atoms with E-state index in [0.717, 1.165) is 23.4 Å². The molecule has 0 saturated carbocycles. The molecule has 20 heavy (non-hydrogen) atoms. The highest BCUT2D eigenvalue weighted by Crippen LogP contribution is 2.29. The number of rotatable bonds is 5. The first-order chi connectivity index (χ1) is 9.56. The first-order valence-corrected chi connectivity index (χ1v) is 7.24. The zero-order valence-electron chi connectivity index (χ0n) is 11.5. The maximum Gasteiger partial charge on any atom is 0.0669 e. The molecule has 0 amide bonds. The van der Waals surface area contributed by atoms with Gasteiger partial charge < -0.3 is 0 Å². The Morgan fingerprint density at radius 2 is 2.15 bits per heavy atom. The van der Waals surface area contributed by atoms with E-state index in [9.17, 15) is 0 Å². The number of aryl methyl sites for hydroxylation is 2. The second-order valence-corrected chi connectivity index (χ2v) is 5.46. The maximum absolute atomic E-state index is 6.23. The Hall–Kier alpha value is -1.07. The van der Waals surface area contributed by atoms with Crippen LogP contribution in [0.5, 0.6) is 0 Å². The molecule has 3 N–H and O–H groups in total. The van der Waals surface area contributed by atoms with Gasteiger partial charge in [0, 0.05) is 7.05 Å². The van der Waals surface area contributed by atoms with Crippen molar-refractivity contribution in [3.8, 4) is 0 Å². The van der Waals surface area contributed by atoms with Crippen LogP contribution in [0.2, 0.25) is 10.0 Å². The summed E-state index contributed by atoms with van der Waals surface area (Å²) in [6.45, 7) is 2.07. The van der Waals surface area contributed by atoms with E-state index >= 15 is 0 Å². The van der Waals surface area contributed by atoms with Crippen molar-refractivity contribution in [3.05, 3.63) is 51.3 Å². The Morgan fingerprint density at radius 3 is 2.75 bits per heavy atom. The Kier molecular flexibility index (Phi) is 5.05. The van der Waals surface area contributed by atoms with Crippen molar-refractivity contribution in [3.63, 3.8) is 0 Å². The summed E-state index contributed by atoms with van der Waals surface area (Å²) >= 11 is 12.3. The fourth-order valence-corrected chi connectivity index (χ4v) is 2.61. The number of hydrogen-bond donors (Lipinski definition) is 2. The zero-order chi connectivity index (χ0) is 14.7. The van der Waals surface area contributed by atoms with Crippen LogP contribution in [0.25, 0.3) is 0 Å². The molecule has 0 aliphatic rings. The number of nitrogens with two attached hydrogens (primary N) is 1. The van der Waals surface area contributed by atoms with Crippen LogP contribution in [0.15, 0.2) is 24.3 Å². The van der Waals surface area contributed by atoms with E-state index in [1.54, 1.807) is 6.07 Å². The average Bonchev–Trinajstić information content (AvgIpc) is 2.82. The molecule has 108 valence electrons. The molecule has 1 atom stereocenters. The van der Waals surface area contributed by atoms with Gasteiger partial charge in [0.15, 0.2) is 0 Å². The molecule has 0 saturated heterocycles. The number of halogens is 2. The predicted molar refractivity (Wildman–Crippen MR) is 82.8 cm³/mol. The van der Waals surface area contributed by atoms with Crippen LogP contribution in [0.4, 0.5) is 0 Å². The summed E-state index contributed by atoms with van der Waals surface area (Å²) in [4.78, 5) is 0. The topological polar surface area (TPSA) is 55.9 Å². The summed E-state index contributed by atoms with van der Waals surface area (Å²) in [5.41, 5.74) is 5.86. The molecule has 0 aliphatic carbocycles. The fraction of sp³-hybridized carbons (Fsp3) is 0.357. The molecular formula is C14H18Cl2N4. The van der Waals surface area contributed by atoms with Crippen molar-refractivity contribution >= 4 is 23.2 Å². The molecule has 1 aromatic carbocycles. The van der Waals surface area contributed by atoms with Gasteiger partial charge in [-0.3, -0.25) is 16.0 Å². The largest absolute Gasteiger partial charge is 0.271 e. The lowest BCUT2D eigenvalue weighted by atomic mass is 10.0. The quantitative estimate of drug-likeness (QED) is 0.659. The van der Waals surface area contributed by atoms with E-state index in [1.807, 2.05) is 23.9 Å². The number of hydrazine groups is 1. The van der Waals surface area contributed by atoms with Gasteiger partial charge in [-0.25, -0.2) is 0 Å². The molecule has 0 bridgehead atoms. The molecule has 2 rings (SSSR count). The number of aromatic nitrogens is 2. The molecular weight excluding hydrogens is 295 g/mol. The van der Waals surface area contributed by atoms with Gasteiger partial charge in [-0.05, 0) is 30.5 Å². The van der Waals surface area contributed by atoms with E-state index in [4.69, 9.17) is 29.0 Å². The summed E-state index contributed by atoms with van der Waals surface area (Å²) in [6.07, 6.45) is 1.54. The summed E-state index contributed by atoms with van der Waals surface area (Å²) in [6, 6.07) is 7.61. The number of nitrogens with zero attached hydrogens (tertiary/aromatic N) is 2. The van der Waals surface area contributed by atoms with E-state index < -0.39 is 0 Å². The van der Waals surface area contributed by atoms with Gasteiger partial charge in [-0.2, -0.15) is 5.10 Å². The molecule has 0 radical (unpaired) electrons. The highest BCUT2D eigenvalue weighted by Gasteiger charge is 2.18. The average molecular weight is 313 g/mol. The van der Waals surface area contributed by atoms with Crippen molar-refractivity contribution in [2.75, 3.05) is 0 Å². The Balaban J connectivity index is 2.28. The highest BCUT2D eigenvalue weighted by atomic mass is 35.5. The molecule has 1 heterocycles.